The van der Waals surface area contributed by atoms with Gasteiger partial charge in [-0.1, -0.05) is 60.7 Å². The van der Waals surface area contributed by atoms with Crippen molar-refractivity contribution in [1.29, 1.82) is 5.26 Å². The van der Waals surface area contributed by atoms with Crippen LogP contribution in [0, 0.1) is 11.3 Å². The molecule has 0 N–H and O–H groups in total. The fraction of sp³-hybridized carbons (Fsp3) is 0. The first kappa shape index (κ1) is 24.2. The predicted molar refractivity (Wildman–Crippen MR) is 187 cm³/mol. The van der Waals surface area contributed by atoms with Gasteiger partial charge in [-0.05, 0) is 127 Å². The number of nitrogens with zero attached hydrogens (tertiary/aromatic N) is 3. The molecule has 206 valence electrons. The Morgan fingerprint density at radius 3 is 1.53 bits per heavy atom. The zero-order chi connectivity index (χ0) is 29.6. The molecular weight excluding hydrogens is 546 g/mol. The zero-order valence-electron chi connectivity index (χ0n) is 24.1. The zero-order valence-corrected chi connectivity index (χ0v) is 24.1. The molecule has 0 amide bonds. The molecule has 10 rings (SSSR count). The number of nitriles is 1. The highest BCUT2D eigenvalue weighted by Crippen LogP contribution is 2.44. The molecule has 2 aromatic heterocycles. The lowest BCUT2D eigenvalue weighted by atomic mass is 9.89. The van der Waals surface area contributed by atoms with Crippen molar-refractivity contribution >= 4 is 64.9 Å². The maximum absolute atomic E-state index is 9.84. The summed E-state index contributed by atoms with van der Waals surface area (Å²) in [5, 5.41) is 22.2. The van der Waals surface area contributed by atoms with Gasteiger partial charge in [0.05, 0.1) is 22.7 Å². The standard InChI is InChI=1S/C42H23N3/c43-23-25-15-26-8-13-31-21-35(22-38-42(31)41(26)37(16-25)45(38)36-6-2-1-3-7-36)34-19-29-11-9-27-17-33(32-5-4-14-44-24-32)18-28-10-12-30(20-34)40(29)39(27)28/h1-22,24H. The number of hydrogen-bond donors (Lipinski definition) is 0. The molecular formula is C42H23N3. The smallest absolute Gasteiger partial charge is 0.0992 e. The van der Waals surface area contributed by atoms with Gasteiger partial charge in [0.25, 0.3) is 0 Å². The van der Waals surface area contributed by atoms with Gasteiger partial charge in [-0.3, -0.25) is 4.98 Å². The molecule has 0 spiro atoms. The van der Waals surface area contributed by atoms with Crippen molar-refractivity contribution in [2.75, 3.05) is 0 Å². The quantitative estimate of drug-likeness (QED) is 0.199. The van der Waals surface area contributed by atoms with Crippen LogP contribution >= 0.6 is 0 Å². The Hall–Kier alpha value is -6.24. The summed E-state index contributed by atoms with van der Waals surface area (Å²) in [6.45, 7) is 0. The highest BCUT2D eigenvalue weighted by Gasteiger charge is 2.20. The van der Waals surface area contributed by atoms with E-state index >= 15 is 0 Å². The fourth-order valence-electron chi connectivity index (χ4n) is 7.56. The molecule has 0 aliphatic rings. The molecule has 10 aromatic rings. The minimum Gasteiger partial charge on any atom is -0.309 e. The molecule has 2 heterocycles. The van der Waals surface area contributed by atoms with Crippen molar-refractivity contribution in [2.45, 2.75) is 0 Å². The maximum Gasteiger partial charge on any atom is 0.0992 e. The van der Waals surface area contributed by atoms with E-state index in [1.807, 2.05) is 36.7 Å². The number of rotatable bonds is 3. The van der Waals surface area contributed by atoms with Crippen molar-refractivity contribution < 1.29 is 0 Å². The van der Waals surface area contributed by atoms with Crippen molar-refractivity contribution in [2.24, 2.45) is 0 Å². The summed E-state index contributed by atoms with van der Waals surface area (Å²) >= 11 is 0. The predicted octanol–water partition coefficient (Wildman–Crippen LogP) is 10.9. The molecule has 0 bridgehead atoms. The lowest BCUT2D eigenvalue weighted by molar-refractivity contribution is 1.18. The van der Waals surface area contributed by atoms with Crippen LogP contribution in [0.5, 0.6) is 0 Å². The minimum atomic E-state index is 0.672. The van der Waals surface area contributed by atoms with Crippen molar-refractivity contribution in [3.8, 4) is 34.0 Å². The first-order valence-electron chi connectivity index (χ1n) is 15.2. The van der Waals surface area contributed by atoms with Gasteiger partial charge in [-0.25, -0.2) is 0 Å². The van der Waals surface area contributed by atoms with E-state index in [1.54, 1.807) is 0 Å². The molecule has 0 unspecified atom stereocenters. The Morgan fingerprint density at radius 2 is 0.978 bits per heavy atom. The van der Waals surface area contributed by atoms with Crippen LogP contribution in [0.2, 0.25) is 0 Å². The molecule has 0 radical (unpaired) electrons. The highest BCUT2D eigenvalue weighted by molar-refractivity contribution is 6.27. The molecule has 0 aliphatic carbocycles. The van der Waals surface area contributed by atoms with Crippen LogP contribution in [0.1, 0.15) is 5.56 Å². The first-order valence-corrected chi connectivity index (χ1v) is 15.2. The van der Waals surface area contributed by atoms with Gasteiger partial charge in [0, 0.05) is 34.4 Å². The normalized spacial score (nSPS) is 12.0. The number of benzene rings is 8. The largest absolute Gasteiger partial charge is 0.309 e. The van der Waals surface area contributed by atoms with E-state index in [0.29, 0.717) is 5.56 Å². The topological polar surface area (TPSA) is 41.6 Å². The van der Waals surface area contributed by atoms with E-state index in [1.165, 1.54) is 65.2 Å². The average Bonchev–Trinajstić information content (AvgIpc) is 3.44. The molecule has 0 saturated carbocycles. The van der Waals surface area contributed by atoms with Gasteiger partial charge in [0.2, 0.25) is 0 Å². The second-order valence-corrected chi connectivity index (χ2v) is 12.0. The summed E-state index contributed by atoms with van der Waals surface area (Å²) in [5.74, 6) is 0. The number of pyridine rings is 1. The van der Waals surface area contributed by atoms with Gasteiger partial charge in [-0.2, -0.15) is 5.26 Å². The summed E-state index contributed by atoms with van der Waals surface area (Å²) < 4.78 is 2.32. The van der Waals surface area contributed by atoms with Crippen LogP contribution in [0.4, 0.5) is 0 Å². The Morgan fingerprint density at radius 1 is 0.467 bits per heavy atom. The molecule has 0 saturated heterocycles. The van der Waals surface area contributed by atoms with Crippen molar-refractivity contribution in [1.82, 2.24) is 9.55 Å². The molecule has 0 aliphatic heterocycles. The monoisotopic (exact) mass is 569 g/mol. The van der Waals surface area contributed by atoms with E-state index in [9.17, 15) is 5.26 Å². The van der Waals surface area contributed by atoms with E-state index in [2.05, 4.69) is 119 Å². The molecule has 3 heteroatoms. The molecule has 45 heavy (non-hydrogen) atoms. The number of hydrogen-bond acceptors (Lipinski definition) is 2. The van der Waals surface area contributed by atoms with Crippen LogP contribution in [0.15, 0.2) is 140 Å². The highest BCUT2D eigenvalue weighted by atomic mass is 15.0. The fourth-order valence-corrected chi connectivity index (χ4v) is 7.56. The molecule has 8 aromatic carbocycles. The second kappa shape index (κ2) is 8.89. The van der Waals surface area contributed by atoms with Gasteiger partial charge >= 0.3 is 0 Å². The average molecular weight is 570 g/mol. The summed E-state index contributed by atoms with van der Waals surface area (Å²) in [4.78, 5) is 4.34. The van der Waals surface area contributed by atoms with Crippen LogP contribution in [-0.2, 0) is 0 Å². The third-order valence-electron chi connectivity index (χ3n) is 9.48. The van der Waals surface area contributed by atoms with E-state index in [4.69, 9.17) is 0 Å². The second-order valence-electron chi connectivity index (χ2n) is 12.0. The lowest BCUT2D eigenvalue weighted by Gasteiger charge is -2.15. The van der Waals surface area contributed by atoms with Crippen LogP contribution in [-0.4, -0.2) is 9.55 Å². The Labute approximate surface area is 258 Å². The van der Waals surface area contributed by atoms with E-state index in [-0.39, 0.29) is 0 Å². The lowest BCUT2D eigenvalue weighted by Crippen LogP contribution is -1.94. The number of aromatic nitrogens is 2. The van der Waals surface area contributed by atoms with Crippen LogP contribution in [0.3, 0.4) is 0 Å². The summed E-state index contributed by atoms with van der Waals surface area (Å²) in [7, 11) is 0. The Bertz CT molecular complexity index is 2740. The molecule has 3 nitrogen and oxygen atoms in total. The first-order chi connectivity index (χ1) is 22.2. The molecule has 0 atom stereocenters. The van der Waals surface area contributed by atoms with Gasteiger partial charge in [-0.15, -0.1) is 0 Å². The summed E-state index contributed by atoms with van der Waals surface area (Å²) in [6, 6.07) is 48.3. The Kier molecular flexibility index (Phi) is 4.79. The van der Waals surface area contributed by atoms with Crippen LogP contribution < -0.4 is 0 Å². The maximum atomic E-state index is 9.84. The Balaban J connectivity index is 1.23. The third kappa shape index (κ3) is 3.42. The van der Waals surface area contributed by atoms with Gasteiger partial charge in [0.15, 0.2) is 0 Å². The van der Waals surface area contributed by atoms with Crippen molar-refractivity contribution in [3.63, 3.8) is 0 Å². The van der Waals surface area contributed by atoms with Gasteiger partial charge in [0.1, 0.15) is 0 Å². The number of para-hydroxylation sites is 1. The van der Waals surface area contributed by atoms with Crippen molar-refractivity contribution in [3.05, 3.63) is 145 Å². The van der Waals surface area contributed by atoms with E-state index < -0.39 is 0 Å². The summed E-state index contributed by atoms with van der Waals surface area (Å²) in [6.07, 6.45) is 3.75. The minimum absolute atomic E-state index is 0.672. The van der Waals surface area contributed by atoms with Crippen LogP contribution in [0.25, 0.3) is 92.8 Å². The van der Waals surface area contributed by atoms with Gasteiger partial charge < -0.3 is 4.57 Å². The SMILES string of the molecule is N#Cc1cc2ccc3cc(-c4cc5ccc6cc(-c7cccnc7)cc7ccc(c4)c5c67)cc4c3c2c(c1)n4-c1ccccc1. The third-order valence-corrected chi connectivity index (χ3v) is 9.48. The molecule has 0 fully saturated rings. The summed E-state index contributed by atoms with van der Waals surface area (Å²) in [5.41, 5.74) is 8.65. The van der Waals surface area contributed by atoms with E-state index in [0.717, 1.165) is 27.7 Å².